The van der Waals surface area contributed by atoms with Crippen LogP contribution in [0.4, 0.5) is 0 Å². The number of hydrogen-bond donors (Lipinski definition) is 0. The Hall–Kier alpha value is -1.38. The first kappa shape index (κ1) is 10.1. The second-order valence-corrected chi connectivity index (χ2v) is 4.49. The number of hydrogen-bond acceptors (Lipinski definition) is 2. The van der Waals surface area contributed by atoms with Gasteiger partial charge in [0.05, 0.1) is 11.4 Å². The van der Waals surface area contributed by atoms with E-state index >= 15 is 0 Å². The van der Waals surface area contributed by atoms with Crippen LogP contribution in [0.5, 0.6) is 0 Å². The number of imidazole rings is 1. The van der Waals surface area contributed by atoms with Gasteiger partial charge in [-0.15, -0.1) is 0 Å². The molecule has 0 atom stereocenters. The molecule has 0 aliphatic rings. The first-order valence-electron chi connectivity index (χ1n) is 5.44. The molecule has 0 spiro atoms. The Labute approximate surface area is 90.1 Å². The van der Waals surface area contributed by atoms with Gasteiger partial charge in [-0.1, -0.05) is 27.7 Å². The van der Waals surface area contributed by atoms with Crippen LogP contribution in [-0.4, -0.2) is 14.6 Å². The van der Waals surface area contributed by atoms with Crippen molar-refractivity contribution in [1.82, 2.24) is 14.6 Å². The molecule has 0 saturated heterocycles. The van der Waals surface area contributed by atoms with Gasteiger partial charge in [-0.3, -0.25) is 0 Å². The highest BCUT2D eigenvalue weighted by atomic mass is 15.3. The number of nitrogens with zero attached hydrogens (tertiary/aromatic N) is 3. The minimum Gasteiger partial charge on any atom is -0.232 e. The Morgan fingerprint density at radius 3 is 2.47 bits per heavy atom. The highest BCUT2D eigenvalue weighted by Gasteiger charge is 2.17. The lowest BCUT2D eigenvalue weighted by molar-refractivity contribution is 0.718. The summed E-state index contributed by atoms with van der Waals surface area (Å²) in [7, 11) is 0. The molecule has 0 amide bonds. The fourth-order valence-electron chi connectivity index (χ4n) is 1.89. The van der Waals surface area contributed by atoms with Gasteiger partial charge in [0.15, 0.2) is 5.65 Å². The number of rotatable bonds is 2. The minimum absolute atomic E-state index is 0.448. The molecule has 15 heavy (non-hydrogen) atoms. The van der Waals surface area contributed by atoms with E-state index in [-0.39, 0.29) is 0 Å². The van der Waals surface area contributed by atoms with E-state index in [9.17, 15) is 0 Å². The topological polar surface area (TPSA) is 30.2 Å². The minimum atomic E-state index is 0.448. The van der Waals surface area contributed by atoms with Crippen LogP contribution in [-0.2, 0) is 0 Å². The van der Waals surface area contributed by atoms with Gasteiger partial charge in [0.25, 0.3) is 0 Å². The van der Waals surface area contributed by atoms with Crippen molar-refractivity contribution in [3.05, 3.63) is 29.7 Å². The molecule has 3 heteroatoms. The molecular weight excluding hydrogens is 186 g/mol. The lowest BCUT2D eigenvalue weighted by Crippen LogP contribution is -2.02. The van der Waals surface area contributed by atoms with Crippen molar-refractivity contribution < 1.29 is 0 Å². The first-order chi connectivity index (χ1) is 7.11. The van der Waals surface area contributed by atoms with Gasteiger partial charge >= 0.3 is 0 Å². The Kier molecular flexibility index (Phi) is 2.47. The van der Waals surface area contributed by atoms with Gasteiger partial charge in [0.1, 0.15) is 0 Å². The van der Waals surface area contributed by atoms with Gasteiger partial charge in [0, 0.05) is 6.20 Å². The molecule has 2 heterocycles. The summed E-state index contributed by atoms with van der Waals surface area (Å²) in [6.45, 7) is 8.72. The Morgan fingerprint density at radius 1 is 1.13 bits per heavy atom. The zero-order chi connectivity index (χ0) is 11.0. The summed E-state index contributed by atoms with van der Waals surface area (Å²) in [4.78, 5) is 4.63. The van der Waals surface area contributed by atoms with E-state index in [4.69, 9.17) is 0 Å². The van der Waals surface area contributed by atoms with E-state index in [0.29, 0.717) is 11.8 Å². The van der Waals surface area contributed by atoms with Crippen LogP contribution in [0, 0.1) is 0 Å². The maximum absolute atomic E-state index is 4.63. The summed E-state index contributed by atoms with van der Waals surface area (Å²) < 4.78 is 1.96. The molecule has 0 aromatic carbocycles. The zero-order valence-corrected chi connectivity index (χ0v) is 9.73. The molecule has 2 aromatic rings. The number of aromatic nitrogens is 3. The van der Waals surface area contributed by atoms with Crippen LogP contribution in [0.25, 0.3) is 5.65 Å². The number of fused-ring (bicyclic) bond motifs is 1. The van der Waals surface area contributed by atoms with Crippen molar-refractivity contribution in [2.24, 2.45) is 0 Å². The smallest absolute Gasteiger partial charge is 0.154 e. The van der Waals surface area contributed by atoms with Crippen molar-refractivity contribution in [3.8, 4) is 0 Å². The fourth-order valence-corrected chi connectivity index (χ4v) is 1.89. The summed E-state index contributed by atoms with van der Waals surface area (Å²) in [6.07, 6.45) is 1.81. The zero-order valence-electron chi connectivity index (χ0n) is 9.73. The third-order valence-electron chi connectivity index (χ3n) is 2.55. The standard InChI is InChI=1S/C12H17N3/c1-8(2)11-12(9(3)4)15-10(14-11)6-5-7-13-15/h5-9H,1-4H3. The third-order valence-corrected chi connectivity index (χ3v) is 2.55. The predicted octanol–water partition coefficient (Wildman–Crippen LogP) is 2.98. The van der Waals surface area contributed by atoms with Crippen LogP contribution in [0.3, 0.4) is 0 Å². The van der Waals surface area contributed by atoms with Crippen molar-refractivity contribution in [1.29, 1.82) is 0 Å². The largest absolute Gasteiger partial charge is 0.232 e. The summed E-state index contributed by atoms with van der Waals surface area (Å²) in [5, 5.41) is 4.36. The van der Waals surface area contributed by atoms with Gasteiger partial charge < -0.3 is 0 Å². The highest BCUT2D eigenvalue weighted by molar-refractivity contribution is 5.42. The molecule has 3 nitrogen and oxygen atoms in total. The maximum atomic E-state index is 4.63. The van der Waals surface area contributed by atoms with E-state index in [0.717, 1.165) is 5.65 Å². The molecule has 0 unspecified atom stereocenters. The lowest BCUT2D eigenvalue weighted by Gasteiger charge is -2.09. The normalized spacial score (nSPS) is 11.9. The van der Waals surface area contributed by atoms with Crippen molar-refractivity contribution in [3.63, 3.8) is 0 Å². The van der Waals surface area contributed by atoms with Crippen LogP contribution in [0.15, 0.2) is 18.3 Å². The first-order valence-corrected chi connectivity index (χ1v) is 5.44. The van der Waals surface area contributed by atoms with Crippen molar-refractivity contribution in [2.45, 2.75) is 39.5 Å². The average Bonchev–Trinajstić information content (AvgIpc) is 2.56. The van der Waals surface area contributed by atoms with Gasteiger partial charge in [-0.25, -0.2) is 9.50 Å². The van der Waals surface area contributed by atoms with Crippen LogP contribution in [0.1, 0.15) is 50.9 Å². The van der Waals surface area contributed by atoms with Crippen molar-refractivity contribution in [2.75, 3.05) is 0 Å². The van der Waals surface area contributed by atoms with E-state index < -0.39 is 0 Å². The lowest BCUT2D eigenvalue weighted by atomic mass is 10.0. The van der Waals surface area contributed by atoms with E-state index in [2.05, 4.69) is 37.8 Å². The van der Waals surface area contributed by atoms with E-state index in [1.807, 2.05) is 22.8 Å². The fraction of sp³-hybridized carbons (Fsp3) is 0.500. The van der Waals surface area contributed by atoms with Gasteiger partial charge in [-0.05, 0) is 24.0 Å². The van der Waals surface area contributed by atoms with Gasteiger partial charge in [0.2, 0.25) is 0 Å². The highest BCUT2D eigenvalue weighted by Crippen LogP contribution is 2.25. The Balaban J connectivity index is 2.75. The Morgan fingerprint density at radius 2 is 1.87 bits per heavy atom. The average molecular weight is 203 g/mol. The molecular formula is C12H17N3. The van der Waals surface area contributed by atoms with Crippen molar-refractivity contribution >= 4 is 5.65 Å². The summed E-state index contributed by atoms with van der Waals surface area (Å²) in [6, 6.07) is 3.93. The molecule has 0 bridgehead atoms. The molecule has 0 N–H and O–H groups in total. The molecule has 0 aliphatic heterocycles. The summed E-state index contributed by atoms with van der Waals surface area (Å²) in [5.74, 6) is 0.899. The summed E-state index contributed by atoms with van der Waals surface area (Å²) in [5.41, 5.74) is 3.36. The monoisotopic (exact) mass is 203 g/mol. The van der Waals surface area contributed by atoms with E-state index in [1.54, 1.807) is 0 Å². The van der Waals surface area contributed by atoms with Crippen LogP contribution in [0.2, 0.25) is 0 Å². The quantitative estimate of drug-likeness (QED) is 0.751. The molecule has 2 rings (SSSR count). The molecule has 0 radical (unpaired) electrons. The van der Waals surface area contributed by atoms with Crippen LogP contribution < -0.4 is 0 Å². The molecule has 2 aromatic heterocycles. The second kappa shape index (κ2) is 3.65. The maximum Gasteiger partial charge on any atom is 0.154 e. The van der Waals surface area contributed by atoms with E-state index in [1.165, 1.54) is 11.4 Å². The second-order valence-electron chi connectivity index (χ2n) is 4.49. The van der Waals surface area contributed by atoms with Gasteiger partial charge in [-0.2, -0.15) is 5.10 Å². The third kappa shape index (κ3) is 1.62. The predicted molar refractivity (Wildman–Crippen MR) is 61.2 cm³/mol. The van der Waals surface area contributed by atoms with Crippen LogP contribution >= 0.6 is 0 Å². The molecule has 80 valence electrons. The molecule has 0 fully saturated rings. The Bertz CT molecular complexity index is 469. The SMILES string of the molecule is CC(C)c1nc2cccnn2c1C(C)C. The molecule has 0 saturated carbocycles. The molecule has 0 aliphatic carbocycles. The summed E-state index contributed by atoms with van der Waals surface area (Å²) >= 11 is 0.